The van der Waals surface area contributed by atoms with Crippen LogP contribution in [0.2, 0.25) is 16.6 Å². The Hall–Kier alpha value is -1.29. The minimum absolute atomic E-state index is 0.187. The van der Waals surface area contributed by atoms with Crippen molar-refractivity contribution in [2.24, 2.45) is 0 Å². The summed E-state index contributed by atoms with van der Waals surface area (Å²) in [5, 5.41) is 18.6. The van der Waals surface area contributed by atoms with Crippen molar-refractivity contribution in [2.75, 3.05) is 0 Å². The van der Waals surface area contributed by atoms with Crippen LogP contribution in [0, 0.1) is 19.3 Å². The van der Waals surface area contributed by atoms with Gasteiger partial charge in [-0.3, -0.25) is 0 Å². The molecular weight excluding hydrogens is 302 g/mol. The predicted molar refractivity (Wildman–Crippen MR) is 102 cm³/mol. The van der Waals surface area contributed by atoms with Gasteiger partial charge in [-0.25, -0.2) is 0 Å². The summed E-state index contributed by atoms with van der Waals surface area (Å²) >= 11 is 0. The largest absolute Gasteiger partial charge is 0.542 e. The first-order valence-electron chi connectivity index (χ1n) is 8.54. The quantitative estimate of drug-likeness (QED) is 0.498. The van der Waals surface area contributed by atoms with Gasteiger partial charge in [-0.15, -0.1) is 0 Å². The van der Waals surface area contributed by atoms with E-state index in [1.807, 2.05) is 19.9 Å². The van der Waals surface area contributed by atoms with Gasteiger partial charge in [0.2, 0.25) is 0 Å². The lowest BCUT2D eigenvalue weighted by atomic mass is 10.0. The van der Waals surface area contributed by atoms with E-state index in [4.69, 9.17) is 9.84 Å². The minimum Gasteiger partial charge on any atom is -0.542 e. The summed E-state index contributed by atoms with van der Waals surface area (Å²) in [4.78, 5) is 0. The van der Waals surface area contributed by atoms with Gasteiger partial charge >= 0.3 is 0 Å². The molecule has 3 nitrogen and oxygen atoms in total. The molecule has 1 aromatic carbocycles. The van der Waals surface area contributed by atoms with Crippen LogP contribution >= 0.6 is 0 Å². The maximum Gasteiger partial charge on any atom is 0.258 e. The molecule has 4 heteroatoms. The maximum atomic E-state index is 10.5. The Balaban J connectivity index is 3.60. The van der Waals surface area contributed by atoms with E-state index in [-0.39, 0.29) is 5.75 Å². The van der Waals surface area contributed by atoms with Crippen molar-refractivity contribution in [3.05, 3.63) is 22.8 Å². The molecule has 0 aliphatic carbocycles. The van der Waals surface area contributed by atoms with Gasteiger partial charge in [0.1, 0.15) is 11.5 Å². The molecule has 0 unspecified atom stereocenters. The van der Waals surface area contributed by atoms with Crippen LogP contribution in [-0.4, -0.2) is 19.1 Å². The topological polar surface area (TPSA) is 53.3 Å². The van der Waals surface area contributed by atoms with Crippen molar-refractivity contribution < 1.29 is 9.53 Å². The lowest BCUT2D eigenvalue weighted by Gasteiger charge is -2.42. The number of phenols is 1. The summed E-state index contributed by atoms with van der Waals surface area (Å²) in [6.07, 6.45) is 0. The summed E-state index contributed by atoms with van der Waals surface area (Å²) in [5.41, 5.74) is 4.07. The van der Waals surface area contributed by atoms with Crippen molar-refractivity contribution in [3.8, 4) is 11.5 Å². The smallest absolute Gasteiger partial charge is 0.258 e. The van der Waals surface area contributed by atoms with Crippen LogP contribution < -0.4 is 4.43 Å². The first kappa shape index (κ1) is 19.8. The van der Waals surface area contributed by atoms with E-state index < -0.39 is 8.32 Å². The van der Waals surface area contributed by atoms with Gasteiger partial charge in [0, 0.05) is 5.71 Å². The summed E-state index contributed by atoms with van der Waals surface area (Å²) in [6.45, 7) is 19.0. The Morgan fingerprint density at radius 2 is 1.48 bits per heavy atom. The normalized spacial score (nSPS) is 12.3. The summed E-state index contributed by atoms with van der Waals surface area (Å²) in [5.74, 6) is 0.868. The van der Waals surface area contributed by atoms with Crippen molar-refractivity contribution in [3.63, 3.8) is 0 Å². The van der Waals surface area contributed by atoms with E-state index in [1.165, 1.54) is 0 Å². The maximum absolute atomic E-state index is 10.5. The van der Waals surface area contributed by atoms with E-state index in [0.717, 1.165) is 11.1 Å². The molecule has 0 fully saturated rings. The Kier molecular flexibility index (Phi) is 6.08. The van der Waals surface area contributed by atoms with E-state index in [9.17, 15) is 5.11 Å². The average Bonchev–Trinajstić information content (AvgIpc) is 2.40. The van der Waals surface area contributed by atoms with E-state index in [1.54, 1.807) is 6.92 Å². The summed E-state index contributed by atoms with van der Waals surface area (Å²) in [7, 11) is -2.12. The Labute approximate surface area is 142 Å². The fraction of sp³-hybridized carbons (Fsp3) is 0.632. The molecule has 0 amide bonds. The van der Waals surface area contributed by atoms with Crippen LogP contribution in [0.15, 0.2) is 6.07 Å². The molecule has 0 heterocycles. The molecule has 0 saturated heterocycles. The number of rotatable bonds is 6. The second-order valence-electron chi connectivity index (χ2n) is 7.58. The van der Waals surface area contributed by atoms with Gasteiger partial charge in [-0.1, -0.05) is 41.5 Å². The van der Waals surface area contributed by atoms with E-state index >= 15 is 0 Å². The van der Waals surface area contributed by atoms with Crippen LogP contribution in [0.4, 0.5) is 0 Å². The molecule has 0 aliphatic rings. The Morgan fingerprint density at radius 3 is 1.83 bits per heavy atom. The molecule has 2 N–H and O–H groups in total. The van der Waals surface area contributed by atoms with Crippen LogP contribution in [0.3, 0.4) is 0 Å². The number of phenolic OH excluding ortho intramolecular Hbond substituents is 1. The van der Waals surface area contributed by atoms with Gasteiger partial charge in [0.05, 0.1) is 5.56 Å². The Bertz CT molecular complexity index is 570. The standard InChI is InChI=1S/C19H33NO2Si/c1-11(2)23(12(3)4,13(5)6)22-17-10-14(7)15(8)19(21)18(17)16(9)20/h10-13,20-21H,1-9H3. The fourth-order valence-electron chi connectivity index (χ4n) is 3.85. The number of hydrogen-bond acceptors (Lipinski definition) is 3. The third-order valence-electron chi connectivity index (χ3n) is 5.15. The van der Waals surface area contributed by atoms with Crippen molar-refractivity contribution in [2.45, 2.75) is 78.9 Å². The zero-order valence-electron chi connectivity index (χ0n) is 16.2. The average molecular weight is 336 g/mol. The third kappa shape index (κ3) is 3.47. The number of hydrogen-bond donors (Lipinski definition) is 2. The summed E-state index contributed by atoms with van der Waals surface area (Å²) in [6, 6.07) is 2.00. The number of aryl methyl sites for hydroxylation is 1. The minimum atomic E-state index is -2.12. The third-order valence-corrected chi connectivity index (χ3v) is 11.1. The molecule has 130 valence electrons. The zero-order valence-corrected chi connectivity index (χ0v) is 17.2. The number of benzene rings is 1. The second kappa shape index (κ2) is 7.08. The van der Waals surface area contributed by atoms with E-state index in [2.05, 4.69) is 41.5 Å². The van der Waals surface area contributed by atoms with Gasteiger partial charge in [0.15, 0.2) is 0 Å². The molecule has 0 aromatic heterocycles. The highest BCUT2D eigenvalue weighted by atomic mass is 28.4. The van der Waals surface area contributed by atoms with Crippen LogP contribution in [0.1, 0.15) is 65.2 Å². The predicted octanol–water partition coefficient (Wildman–Crippen LogP) is 5.95. The van der Waals surface area contributed by atoms with Crippen molar-refractivity contribution in [1.82, 2.24) is 0 Å². The molecule has 0 spiro atoms. The lowest BCUT2D eigenvalue weighted by molar-refractivity contribution is 0.450. The van der Waals surface area contributed by atoms with Crippen molar-refractivity contribution >= 4 is 14.0 Å². The first-order valence-corrected chi connectivity index (χ1v) is 10.7. The SMILES string of the molecule is CC(=N)c1c(O[Si](C(C)C)(C(C)C)C(C)C)cc(C)c(C)c1O. The molecule has 0 aliphatic heterocycles. The second-order valence-corrected chi connectivity index (χ2v) is 13.0. The zero-order chi connectivity index (χ0) is 18.1. The van der Waals surface area contributed by atoms with E-state index in [0.29, 0.717) is 33.6 Å². The summed E-state index contributed by atoms with van der Waals surface area (Å²) < 4.78 is 6.73. The van der Waals surface area contributed by atoms with Crippen LogP contribution in [0.5, 0.6) is 11.5 Å². The lowest BCUT2D eigenvalue weighted by Crippen LogP contribution is -2.51. The monoisotopic (exact) mass is 335 g/mol. The van der Waals surface area contributed by atoms with Crippen LogP contribution in [0.25, 0.3) is 0 Å². The fourth-order valence-corrected chi connectivity index (χ4v) is 9.10. The highest BCUT2D eigenvalue weighted by Gasteiger charge is 2.47. The van der Waals surface area contributed by atoms with Gasteiger partial charge < -0.3 is 14.9 Å². The van der Waals surface area contributed by atoms with Crippen LogP contribution in [-0.2, 0) is 0 Å². The molecule has 1 aromatic rings. The molecule has 0 atom stereocenters. The molecule has 0 radical (unpaired) electrons. The number of aromatic hydroxyl groups is 1. The molecule has 0 saturated carbocycles. The number of nitrogens with one attached hydrogen (secondary N) is 1. The molecular formula is C19H33NO2Si. The van der Waals surface area contributed by atoms with Gasteiger partial charge in [-0.2, -0.15) is 0 Å². The highest BCUT2D eigenvalue weighted by molar-refractivity contribution is 6.78. The first-order chi connectivity index (χ1) is 10.5. The van der Waals surface area contributed by atoms with Crippen molar-refractivity contribution in [1.29, 1.82) is 5.41 Å². The van der Waals surface area contributed by atoms with Gasteiger partial charge in [0.25, 0.3) is 8.32 Å². The molecule has 0 bridgehead atoms. The molecule has 1 rings (SSSR count). The highest BCUT2D eigenvalue weighted by Crippen LogP contribution is 2.45. The van der Waals surface area contributed by atoms with Gasteiger partial charge in [-0.05, 0) is 54.6 Å². The molecule has 23 heavy (non-hydrogen) atoms. The Morgan fingerprint density at radius 1 is 1.04 bits per heavy atom.